The number of aromatic hydroxyl groups is 1. The molecular weight excluding hydrogens is 823 g/mol. The van der Waals surface area contributed by atoms with Gasteiger partial charge in [-0.05, 0) is 80.7 Å². The van der Waals surface area contributed by atoms with Crippen LogP contribution < -0.4 is 39.7 Å². The Bertz CT molecular complexity index is 1570. The highest BCUT2D eigenvalue weighted by Crippen LogP contribution is 2.11. The van der Waals surface area contributed by atoms with Gasteiger partial charge in [-0.2, -0.15) is 0 Å². The maximum atomic E-state index is 11.7. The molecule has 0 spiro atoms. The van der Waals surface area contributed by atoms with Gasteiger partial charge < -0.3 is 70.0 Å². The van der Waals surface area contributed by atoms with Crippen LogP contribution in [-0.4, -0.2) is 111 Å². The van der Waals surface area contributed by atoms with Crippen LogP contribution in [0.3, 0.4) is 0 Å². The van der Waals surface area contributed by atoms with E-state index in [4.69, 9.17) is 64.7 Å². The molecule has 0 aliphatic heterocycles. The lowest BCUT2D eigenvalue weighted by Gasteiger charge is -2.15. The van der Waals surface area contributed by atoms with Gasteiger partial charge in [0.25, 0.3) is 0 Å². The van der Waals surface area contributed by atoms with E-state index in [9.17, 15) is 33.6 Å². The van der Waals surface area contributed by atoms with Crippen LogP contribution in [0.25, 0.3) is 0 Å². The van der Waals surface area contributed by atoms with Crippen molar-refractivity contribution in [3.63, 3.8) is 0 Å². The number of hydrogen-bond donors (Lipinski definition) is 12. The molecule has 2 rings (SSSR count). The maximum Gasteiger partial charge on any atom is 0.336 e. The van der Waals surface area contributed by atoms with Gasteiger partial charge in [-0.25, -0.2) is 9.59 Å². The number of hydrogen-bond acceptors (Lipinski definition) is 15. The van der Waals surface area contributed by atoms with Crippen molar-refractivity contribution in [1.82, 2.24) is 5.32 Å². The maximum absolute atomic E-state index is 11.7. The number of carbonyl (C=O) groups is 7. The predicted molar refractivity (Wildman–Crippen MR) is 238 cm³/mol. The summed E-state index contributed by atoms with van der Waals surface area (Å²) in [5, 5.41) is 44.9. The number of nitrogens with one attached hydrogen (secondary N) is 1. The van der Waals surface area contributed by atoms with E-state index in [2.05, 4.69) is 5.32 Å². The summed E-state index contributed by atoms with van der Waals surface area (Å²) < 4.78 is 4.70. The predicted octanol–water partition coefficient (Wildman–Crippen LogP) is 1.84. The molecule has 0 heterocycles. The first kappa shape index (κ1) is 61.8. The lowest BCUT2D eigenvalue weighted by Crippen LogP contribution is -2.41. The number of phenols is 1. The van der Waals surface area contributed by atoms with E-state index < -0.39 is 72.1 Å². The lowest BCUT2D eigenvalue weighted by molar-refractivity contribution is -0.163. The molecule has 20 heteroatoms. The minimum Gasteiger partial charge on any atom is -0.508 e. The highest BCUT2D eigenvalue weighted by Gasteiger charge is 2.25. The van der Waals surface area contributed by atoms with Crippen molar-refractivity contribution in [3.05, 3.63) is 65.7 Å². The Balaban J connectivity index is -0.000000740. The number of carboxylic acids is 4. The molecule has 0 aliphatic carbocycles. The third-order valence-corrected chi connectivity index (χ3v) is 8.43. The standard InChI is InChI=1S/C13H25N3O4.C9H11NO3.C9H11NO2.2C6H13NO2/c1-2-3-7-11(16-9-17)13(19)20-12(18)10(15)6-4-5-8-14;10-8(9(12)13)5-6-1-3-7(11)4-2-6;10-8(9(11)12)6-7-4-2-1-3-5-7;1-4(2)3-5(7)6(8)9;1-2-3-4-5(7)6(8)9/h9-11H,2-8,14-15H2,1H3,(H,16,17);1-4,8,11H,5,10H2,(H,12,13);1-5,8H,6,10H2,(H,11,12);4-5H,3,7H2,1-2H3,(H,8,9);5H,2-4,7H2,1H3,(H,8,9)/t10-,11-;2*8-;2*5-/m00000/s1. The molecule has 0 aliphatic rings. The molecule has 63 heavy (non-hydrogen) atoms. The minimum absolute atomic E-state index is 0.160. The van der Waals surface area contributed by atoms with Crippen molar-refractivity contribution < 1.29 is 63.8 Å². The zero-order valence-corrected chi connectivity index (χ0v) is 37.0. The summed E-state index contributed by atoms with van der Waals surface area (Å²) in [6.07, 6.45) is 8.06. The fraction of sp³-hybridized carbons (Fsp3) is 0.558. The number of phenolic OH excluding ortho intramolecular Hbond substituents is 1. The fourth-order valence-electron chi connectivity index (χ4n) is 4.72. The van der Waals surface area contributed by atoms with Gasteiger partial charge in [0.2, 0.25) is 6.41 Å². The van der Waals surface area contributed by atoms with Crippen molar-refractivity contribution in [1.29, 1.82) is 0 Å². The van der Waals surface area contributed by atoms with Crippen molar-refractivity contribution in [3.8, 4) is 5.75 Å². The van der Waals surface area contributed by atoms with Crippen molar-refractivity contribution >= 4 is 42.2 Å². The molecule has 0 bridgehead atoms. The second-order valence-electron chi connectivity index (χ2n) is 14.7. The zero-order valence-electron chi connectivity index (χ0n) is 37.0. The second-order valence-corrected chi connectivity index (χ2v) is 14.7. The van der Waals surface area contributed by atoms with Crippen LogP contribution in [0, 0.1) is 5.92 Å². The number of aliphatic carboxylic acids is 4. The second kappa shape index (κ2) is 38.2. The van der Waals surface area contributed by atoms with E-state index >= 15 is 0 Å². The van der Waals surface area contributed by atoms with E-state index in [-0.39, 0.29) is 12.2 Å². The van der Waals surface area contributed by atoms with Gasteiger partial charge in [0.15, 0.2) is 0 Å². The van der Waals surface area contributed by atoms with Gasteiger partial charge in [-0.15, -0.1) is 0 Å². The van der Waals surface area contributed by atoms with Crippen LogP contribution in [0.1, 0.15) is 103 Å². The number of ether oxygens (including phenoxy) is 1. The van der Waals surface area contributed by atoms with Gasteiger partial charge in [-0.1, -0.05) is 102 Å². The lowest BCUT2D eigenvalue weighted by atomic mass is 10.1. The summed E-state index contributed by atoms with van der Waals surface area (Å²) in [6, 6.07) is 11.0. The van der Waals surface area contributed by atoms with Gasteiger partial charge >= 0.3 is 35.8 Å². The van der Waals surface area contributed by atoms with E-state index in [0.717, 1.165) is 43.2 Å². The van der Waals surface area contributed by atoms with E-state index in [1.54, 1.807) is 12.1 Å². The normalized spacial score (nSPS) is 13.0. The summed E-state index contributed by atoms with van der Waals surface area (Å²) >= 11 is 0. The van der Waals surface area contributed by atoms with Gasteiger partial charge in [-0.3, -0.25) is 24.0 Å². The molecule has 358 valence electrons. The Morgan fingerprint density at radius 1 is 0.603 bits per heavy atom. The Labute approximate surface area is 370 Å². The molecule has 20 nitrogen and oxygen atoms in total. The van der Waals surface area contributed by atoms with Crippen molar-refractivity contribution in [2.24, 2.45) is 40.3 Å². The Kier molecular flexibility index (Phi) is 37.5. The third-order valence-electron chi connectivity index (χ3n) is 8.43. The van der Waals surface area contributed by atoms with Gasteiger partial charge in [0.05, 0.1) is 0 Å². The number of carbonyl (C=O) groups excluding carboxylic acids is 3. The number of rotatable bonds is 24. The van der Waals surface area contributed by atoms with Crippen LogP contribution in [0.5, 0.6) is 5.75 Å². The Hall–Kier alpha value is -5.51. The topological polar surface area (TPSA) is 398 Å². The zero-order chi connectivity index (χ0) is 48.9. The number of nitrogens with two attached hydrogens (primary N) is 6. The number of benzene rings is 2. The van der Waals surface area contributed by atoms with Crippen LogP contribution in [0.15, 0.2) is 54.6 Å². The third kappa shape index (κ3) is 35.8. The molecular formula is C43H73N7O13. The molecule has 1 amide bonds. The number of amides is 1. The molecule has 2 aromatic rings. The van der Waals surface area contributed by atoms with Crippen LogP contribution >= 0.6 is 0 Å². The molecule has 0 unspecified atom stereocenters. The van der Waals surface area contributed by atoms with Crippen molar-refractivity contribution in [2.75, 3.05) is 6.54 Å². The van der Waals surface area contributed by atoms with E-state index in [1.165, 1.54) is 12.1 Å². The van der Waals surface area contributed by atoms with E-state index in [1.807, 2.05) is 58.0 Å². The smallest absolute Gasteiger partial charge is 0.336 e. The molecule has 18 N–H and O–H groups in total. The van der Waals surface area contributed by atoms with Crippen molar-refractivity contribution in [2.45, 2.75) is 141 Å². The molecule has 0 fully saturated rings. The summed E-state index contributed by atoms with van der Waals surface area (Å²) in [5.41, 5.74) is 33.8. The van der Waals surface area contributed by atoms with Crippen LogP contribution in [0.4, 0.5) is 0 Å². The Morgan fingerprint density at radius 3 is 1.44 bits per heavy atom. The Morgan fingerprint density at radius 2 is 1.05 bits per heavy atom. The minimum atomic E-state index is -1.02. The first-order chi connectivity index (χ1) is 29.6. The summed E-state index contributed by atoms with van der Waals surface area (Å²) in [7, 11) is 0. The highest BCUT2D eigenvalue weighted by molar-refractivity contribution is 5.91. The SMILES string of the molecule is CC(C)C[C@H](N)C(=O)O.CCCC[C@H](N)C(=O)O.CCCC[C@H](NC=O)C(=O)OC(=O)[C@@H](N)CCCCN.N[C@@H](Cc1ccc(O)cc1)C(=O)O.N[C@@H](Cc1ccccc1)C(=O)O. The van der Waals surface area contributed by atoms with E-state index in [0.29, 0.717) is 57.4 Å². The quantitative estimate of drug-likeness (QED) is 0.0309. The average Bonchev–Trinajstić information content (AvgIpc) is 3.23. The molecule has 0 saturated carbocycles. The average molecular weight is 896 g/mol. The highest BCUT2D eigenvalue weighted by atomic mass is 16.6. The molecule has 2 aromatic carbocycles. The first-order valence-electron chi connectivity index (χ1n) is 20.7. The summed E-state index contributed by atoms with van der Waals surface area (Å²) in [6.45, 7) is 8.39. The largest absolute Gasteiger partial charge is 0.508 e. The number of unbranched alkanes of at least 4 members (excludes halogenated alkanes) is 3. The number of carboxylic acid groups (broad SMARTS) is 4. The molecule has 0 aromatic heterocycles. The number of esters is 2. The fourth-order valence-corrected chi connectivity index (χ4v) is 4.72. The van der Waals surface area contributed by atoms with Gasteiger partial charge in [0.1, 0.15) is 42.0 Å². The monoisotopic (exact) mass is 896 g/mol. The summed E-state index contributed by atoms with van der Waals surface area (Å²) in [4.78, 5) is 74.8. The van der Waals surface area contributed by atoms with Crippen LogP contribution in [-0.2, 0) is 51.1 Å². The van der Waals surface area contributed by atoms with Gasteiger partial charge in [0, 0.05) is 0 Å². The first-order valence-corrected chi connectivity index (χ1v) is 20.7. The molecule has 0 saturated heterocycles. The molecule has 6 atom stereocenters. The molecule has 0 radical (unpaired) electrons. The van der Waals surface area contributed by atoms with Crippen LogP contribution in [0.2, 0.25) is 0 Å². The summed E-state index contributed by atoms with van der Waals surface area (Å²) in [5.74, 6) is -4.80.